The van der Waals surface area contributed by atoms with Crippen LogP contribution < -0.4 is 0 Å². The Kier molecular flexibility index (Phi) is 4.35. The molecule has 0 aromatic heterocycles. The van der Waals surface area contributed by atoms with Crippen LogP contribution in [-0.4, -0.2) is 34.5 Å². The second kappa shape index (κ2) is 5.88. The molecule has 1 atom stereocenters. The van der Waals surface area contributed by atoms with Gasteiger partial charge < -0.3 is 10.0 Å². The molecule has 1 aliphatic heterocycles. The van der Waals surface area contributed by atoms with Gasteiger partial charge in [-0.05, 0) is 44.7 Å². The molecule has 2 rings (SSSR count). The van der Waals surface area contributed by atoms with Crippen molar-refractivity contribution in [3.05, 3.63) is 35.4 Å². The number of carboxylic acid groups (broad SMARTS) is 1. The third-order valence-electron chi connectivity index (χ3n) is 4.40. The molecule has 0 saturated carbocycles. The van der Waals surface area contributed by atoms with Crippen LogP contribution in [0.4, 0.5) is 0 Å². The van der Waals surface area contributed by atoms with Gasteiger partial charge in [0.2, 0.25) is 5.91 Å². The third-order valence-corrected chi connectivity index (χ3v) is 4.40. The highest BCUT2D eigenvalue weighted by Gasteiger charge is 2.39. The van der Waals surface area contributed by atoms with Gasteiger partial charge in [-0.2, -0.15) is 0 Å². The quantitative estimate of drug-likeness (QED) is 0.927. The van der Waals surface area contributed by atoms with Gasteiger partial charge in [-0.15, -0.1) is 0 Å². The maximum Gasteiger partial charge on any atom is 0.305 e. The predicted octanol–water partition coefficient (Wildman–Crippen LogP) is 2.74. The molecule has 0 aliphatic carbocycles. The van der Waals surface area contributed by atoms with Gasteiger partial charge in [-0.1, -0.05) is 24.3 Å². The van der Waals surface area contributed by atoms with Crippen molar-refractivity contribution in [3.63, 3.8) is 0 Å². The number of amides is 1. The lowest BCUT2D eigenvalue weighted by Gasteiger charge is -2.34. The minimum atomic E-state index is -0.839. The molecule has 1 saturated heterocycles. The average Bonchev–Trinajstić information content (AvgIpc) is 2.85. The fourth-order valence-corrected chi connectivity index (χ4v) is 3.27. The summed E-state index contributed by atoms with van der Waals surface area (Å²) in [6.45, 7) is 6.51. The number of aliphatic carboxylic acids is 1. The second-order valence-corrected chi connectivity index (χ2v) is 6.33. The van der Waals surface area contributed by atoms with Crippen molar-refractivity contribution < 1.29 is 14.7 Å². The van der Waals surface area contributed by atoms with Crippen molar-refractivity contribution in [3.8, 4) is 0 Å². The first kappa shape index (κ1) is 15.5. The summed E-state index contributed by atoms with van der Waals surface area (Å²) in [5.74, 6) is -0.811. The Balaban J connectivity index is 2.25. The number of hydrogen-bond donors (Lipinski definition) is 1. The van der Waals surface area contributed by atoms with Gasteiger partial charge in [0.25, 0.3) is 0 Å². The standard InChI is InChI=1S/C17H23NO3/c1-12-7-4-5-9-14(12)17(2,3)16(21)18-10-6-8-13(18)11-15(19)20/h4-5,7,9,13H,6,8,10-11H2,1-3H3,(H,19,20). The van der Waals surface area contributed by atoms with Crippen molar-refractivity contribution in [2.24, 2.45) is 0 Å². The van der Waals surface area contributed by atoms with E-state index in [9.17, 15) is 9.59 Å². The minimum absolute atomic E-state index is 0.0283. The number of nitrogens with zero attached hydrogens (tertiary/aromatic N) is 1. The zero-order chi connectivity index (χ0) is 15.6. The first-order valence-electron chi connectivity index (χ1n) is 7.43. The molecule has 1 N–H and O–H groups in total. The van der Waals surface area contributed by atoms with Crippen molar-refractivity contribution >= 4 is 11.9 Å². The fourth-order valence-electron chi connectivity index (χ4n) is 3.27. The first-order chi connectivity index (χ1) is 9.84. The summed E-state index contributed by atoms with van der Waals surface area (Å²) >= 11 is 0. The highest BCUT2D eigenvalue weighted by Crippen LogP contribution is 2.32. The Morgan fingerprint density at radius 2 is 2.00 bits per heavy atom. The highest BCUT2D eigenvalue weighted by molar-refractivity contribution is 5.88. The molecule has 114 valence electrons. The summed E-state index contributed by atoms with van der Waals surface area (Å²) in [4.78, 5) is 25.7. The molecule has 1 fully saturated rings. The van der Waals surface area contributed by atoms with Crippen LogP contribution >= 0.6 is 0 Å². The van der Waals surface area contributed by atoms with Crippen LogP contribution in [0.2, 0.25) is 0 Å². The van der Waals surface area contributed by atoms with Crippen molar-refractivity contribution in [1.29, 1.82) is 0 Å². The molecule has 21 heavy (non-hydrogen) atoms. The topological polar surface area (TPSA) is 57.6 Å². The number of benzene rings is 1. The highest BCUT2D eigenvalue weighted by atomic mass is 16.4. The number of carbonyl (C=O) groups is 2. The van der Waals surface area contributed by atoms with Crippen molar-refractivity contribution in [2.45, 2.75) is 51.5 Å². The van der Waals surface area contributed by atoms with E-state index < -0.39 is 11.4 Å². The van der Waals surface area contributed by atoms with Crippen LogP contribution in [0.15, 0.2) is 24.3 Å². The molecule has 1 amide bonds. The van der Waals surface area contributed by atoms with E-state index in [1.807, 2.05) is 45.0 Å². The maximum atomic E-state index is 12.9. The van der Waals surface area contributed by atoms with E-state index in [0.717, 1.165) is 24.0 Å². The largest absolute Gasteiger partial charge is 0.481 e. The van der Waals surface area contributed by atoms with Gasteiger partial charge in [0.15, 0.2) is 0 Å². The third kappa shape index (κ3) is 3.09. The molecule has 0 radical (unpaired) electrons. The van der Waals surface area contributed by atoms with E-state index in [2.05, 4.69) is 0 Å². The van der Waals surface area contributed by atoms with E-state index in [0.29, 0.717) is 6.54 Å². The number of likely N-dealkylation sites (tertiary alicyclic amines) is 1. The second-order valence-electron chi connectivity index (χ2n) is 6.33. The van der Waals surface area contributed by atoms with E-state index in [-0.39, 0.29) is 18.4 Å². The molecule has 1 unspecified atom stereocenters. The summed E-state index contributed by atoms with van der Waals surface area (Å²) in [6.07, 6.45) is 1.70. The molecule has 0 bridgehead atoms. The molecule has 0 spiro atoms. The Morgan fingerprint density at radius 1 is 1.33 bits per heavy atom. The van der Waals surface area contributed by atoms with E-state index in [4.69, 9.17) is 5.11 Å². The van der Waals surface area contributed by atoms with Gasteiger partial charge in [0, 0.05) is 12.6 Å². The van der Waals surface area contributed by atoms with Crippen molar-refractivity contribution in [1.82, 2.24) is 4.90 Å². The molecule has 1 aromatic carbocycles. The molecule has 1 heterocycles. The van der Waals surface area contributed by atoms with E-state index in [1.165, 1.54) is 0 Å². The monoisotopic (exact) mass is 289 g/mol. The number of aryl methyl sites for hydroxylation is 1. The average molecular weight is 289 g/mol. The predicted molar refractivity (Wildman–Crippen MR) is 81.2 cm³/mol. The van der Waals surface area contributed by atoms with Gasteiger partial charge in [0.05, 0.1) is 11.8 Å². The van der Waals surface area contributed by atoms with Crippen molar-refractivity contribution in [2.75, 3.05) is 6.54 Å². The Hall–Kier alpha value is -1.84. The molecule has 4 nitrogen and oxygen atoms in total. The smallest absolute Gasteiger partial charge is 0.305 e. The number of rotatable bonds is 4. The molecular weight excluding hydrogens is 266 g/mol. The summed E-state index contributed by atoms with van der Waals surface area (Å²) in [7, 11) is 0. The Bertz CT molecular complexity index is 551. The van der Waals surface area contributed by atoms with Crippen LogP contribution in [0.25, 0.3) is 0 Å². The normalized spacial score (nSPS) is 18.8. The van der Waals surface area contributed by atoms with Crippen LogP contribution in [-0.2, 0) is 15.0 Å². The number of carbonyl (C=O) groups excluding carboxylic acids is 1. The summed E-state index contributed by atoms with van der Waals surface area (Å²) in [5.41, 5.74) is 1.47. The van der Waals surface area contributed by atoms with Gasteiger partial charge in [-0.3, -0.25) is 9.59 Å². The minimum Gasteiger partial charge on any atom is -0.481 e. The van der Waals surface area contributed by atoms with Crippen LogP contribution in [0.5, 0.6) is 0 Å². The van der Waals surface area contributed by atoms with E-state index in [1.54, 1.807) is 4.90 Å². The van der Waals surface area contributed by atoms with Crippen LogP contribution in [0.3, 0.4) is 0 Å². The Labute approximate surface area is 125 Å². The van der Waals surface area contributed by atoms with Crippen LogP contribution in [0.1, 0.15) is 44.2 Å². The first-order valence-corrected chi connectivity index (χ1v) is 7.43. The zero-order valence-corrected chi connectivity index (χ0v) is 12.9. The molecule has 4 heteroatoms. The molecule has 1 aromatic rings. The van der Waals surface area contributed by atoms with E-state index >= 15 is 0 Å². The summed E-state index contributed by atoms with van der Waals surface area (Å²) < 4.78 is 0. The summed E-state index contributed by atoms with van der Waals surface area (Å²) in [6, 6.07) is 7.72. The molecular formula is C17H23NO3. The van der Waals surface area contributed by atoms with Crippen LogP contribution in [0, 0.1) is 6.92 Å². The number of carboxylic acids is 1. The van der Waals surface area contributed by atoms with Gasteiger partial charge in [0.1, 0.15) is 0 Å². The lowest BCUT2D eigenvalue weighted by atomic mass is 9.80. The van der Waals surface area contributed by atoms with Gasteiger partial charge >= 0.3 is 5.97 Å². The summed E-state index contributed by atoms with van der Waals surface area (Å²) in [5, 5.41) is 9.00. The zero-order valence-electron chi connectivity index (χ0n) is 12.9. The lowest BCUT2D eigenvalue weighted by molar-refractivity contribution is -0.141. The SMILES string of the molecule is Cc1ccccc1C(C)(C)C(=O)N1CCCC1CC(=O)O. The fraction of sp³-hybridized carbons (Fsp3) is 0.529. The number of hydrogen-bond acceptors (Lipinski definition) is 2. The van der Waals surface area contributed by atoms with Gasteiger partial charge in [-0.25, -0.2) is 0 Å². The maximum absolute atomic E-state index is 12.9. The Morgan fingerprint density at radius 3 is 2.62 bits per heavy atom. The molecule has 1 aliphatic rings. The lowest BCUT2D eigenvalue weighted by Crippen LogP contribution is -2.46.